The number of rotatable bonds is 0. The number of hydrogen-bond acceptors (Lipinski definition) is 0. The summed E-state index contributed by atoms with van der Waals surface area (Å²) in [6.07, 6.45) is 0. The van der Waals surface area contributed by atoms with Crippen molar-refractivity contribution in [1.82, 2.24) is 0 Å². The zero-order valence-corrected chi connectivity index (χ0v) is 9.22. The molecule has 0 nitrogen and oxygen atoms in total. The predicted molar refractivity (Wildman–Crippen MR) is 27.1 cm³/mol. The summed E-state index contributed by atoms with van der Waals surface area (Å²) in [5, 5.41) is 0. The minimum atomic E-state index is -10.7. The first-order valence-corrected chi connectivity index (χ1v) is 6.09. The van der Waals surface area contributed by atoms with E-state index in [0.29, 0.717) is 0 Å². The summed E-state index contributed by atoms with van der Waals surface area (Å²) in [5.41, 5.74) is 0. The van der Waals surface area contributed by atoms with Crippen molar-refractivity contribution in [3.05, 3.63) is 0 Å². The van der Waals surface area contributed by atoms with E-state index < -0.39 is 15.6 Å². The molecule has 0 aromatic heterocycles. The van der Waals surface area contributed by atoms with Crippen LogP contribution in [-0.4, -0.2) is 0 Å². The van der Waals surface area contributed by atoms with Crippen LogP contribution in [0.15, 0.2) is 0 Å². The molecule has 0 saturated heterocycles. The van der Waals surface area contributed by atoms with Crippen LogP contribution in [0.2, 0.25) is 0 Å². The molecule has 0 spiro atoms. The minimum absolute atomic E-state index is 0. The summed E-state index contributed by atoms with van der Waals surface area (Å²) >= 11 is 0. The summed E-state index contributed by atoms with van der Waals surface area (Å²) in [6, 6.07) is 0. The molecule has 0 aromatic rings. The Morgan fingerprint density at radius 3 is 0.312 bits per heavy atom. The van der Waals surface area contributed by atoms with E-state index in [0.717, 1.165) is 0 Å². The van der Waals surface area contributed by atoms with E-state index >= 15 is 0 Å². The molecule has 96 valence electrons. The van der Waals surface area contributed by atoms with E-state index in [4.69, 9.17) is 0 Å². The first-order valence-electron chi connectivity index (χ1n) is 2.03. The monoisotopic (exact) mass is 304 g/mol. The largest absolute Gasteiger partial charge is 1.00 e. The standard InChI is InChI=1S/2F6P.2Li/c2*1-7(2,3,4,5)6;;/q2*-1;2*+1. The van der Waals surface area contributed by atoms with Gasteiger partial charge in [0, 0.05) is 0 Å². The molecular formula is F12Li2P2. The van der Waals surface area contributed by atoms with Crippen molar-refractivity contribution < 1.29 is 88.1 Å². The Labute approximate surface area is 104 Å². The molecule has 16 heteroatoms. The molecular weight excluding hydrogens is 304 g/mol. The maximum absolute atomic E-state index is 10.7. The third-order valence-corrected chi connectivity index (χ3v) is 0. The van der Waals surface area contributed by atoms with Crippen LogP contribution < -0.4 is 37.7 Å². The quantitative estimate of drug-likeness (QED) is 0.352. The molecule has 0 aliphatic rings. The van der Waals surface area contributed by atoms with Crippen molar-refractivity contribution in [3.63, 3.8) is 0 Å². The zero-order chi connectivity index (χ0) is 12.8. The second kappa shape index (κ2) is 3.85. The Balaban J connectivity index is -0.0000000800. The van der Waals surface area contributed by atoms with E-state index in [1.54, 1.807) is 0 Å². The van der Waals surface area contributed by atoms with Gasteiger partial charge in [-0.25, -0.2) is 0 Å². The predicted octanol–water partition coefficient (Wildman–Crippen LogP) is 0.773. The van der Waals surface area contributed by atoms with Gasteiger partial charge in [0.1, 0.15) is 0 Å². The van der Waals surface area contributed by atoms with Crippen molar-refractivity contribution >= 4 is 15.6 Å². The van der Waals surface area contributed by atoms with Crippen molar-refractivity contribution in [2.24, 2.45) is 0 Å². The molecule has 0 aromatic carbocycles. The molecule has 0 fully saturated rings. The maximum Gasteiger partial charge on any atom is 1.00 e. The maximum atomic E-state index is 9.87. The molecule has 0 aliphatic carbocycles. The molecule has 0 atom stereocenters. The van der Waals surface area contributed by atoms with E-state index in [1.165, 1.54) is 0 Å². The van der Waals surface area contributed by atoms with Gasteiger partial charge in [-0.2, -0.15) is 0 Å². The minimum Gasteiger partial charge on any atom is 1.00 e. The average Bonchev–Trinajstić information content (AvgIpc) is 0.938. The third-order valence-electron chi connectivity index (χ3n) is 0. The summed E-state index contributed by atoms with van der Waals surface area (Å²) in [6.45, 7) is 0. The molecule has 0 amide bonds. The second-order valence-electron chi connectivity index (χ2n) is 1.92. The van der Waals surface area contributed by atoms with Crippen LogP contribution in [0, 0.1) is 0 Å². The van der Waals surface area contributed by atoms with Crippen LogP contribution in [0.1, 0.15) is 0 Å². The Kier molecular flexibility index (Phi) is 6.24. The SMILES string of the molecule is F[P-](F)(F)(F)(F)F.F[P-](F)(F)(F)(F)F.[Li+].[Li+]. The van der Waals surface area contributed by atoms with Gasteiger partial charge >= 0.3 is 104 Å². The van der Waals surface area contributed by atoms with Gasteiger partial charge in [-0.3, -0.25) is 0 Å². The average molecular weight is 304 g/mol. The molecule has 0 saturated carbocycles. The van der Waals surface area contributed by atoms with Gasteiger partial charge in [0.2, 0.25) is 0 Å². The molecule has 0 rings (SSSR count). The summed E-state index contributed by atoms with van der Waals surface area (Å²) in [7, 11) is -21.3. The van der Waals surface area contributed by atoms with Crippen LogP contribution >= 0.6 is 15.6 Å². The number of halogens is 12. The Morgan fingerprint density at radius 2 is 0.312 bits per heavy atom. The van der Waals surface area contributed by atoms with E-state index in [2.05, 4.69) is 0 Å². The van der Waals surface area contributed by atoms with E-state index in [1.807, 2.05) is 0 Å². The molecule has 0 radical (unpaired) electrons. The van der Waals surface area contributed by atoms with Gasteiger partial charge in [-0.05, 0) is 0 Å². The van der Waals surface area contributed by atoms with Crippen molar-refractivity contribution in [2.45, 2.75) is 0 Å². The van der Waals surface area contributed by atoms with Crippen molar-refractivity contribution in [3.8, 4) is 0 Å². The normalized spacial score (nSPS) is 20.2. The fourth-order valence-corrected chi connectivity index (χ4v) is 0. The molecule has 16 heavy (non-hydrogen) atoms. The Morgan fingerprint density at radius 1 is 0.312 bits per heavy atom. The van der Waals surface area contributed by atoms with Gasteiger partial charge in [-0.15, -0.1) is 0 Å². The first-order chi connectivity index (χ1) is 4.90. The zero-order valence-electron chi connectivity index (χ0n) is 7.43. The molecule has 0 aliphatic heterocycles. The topological polar surface area (TPSA) is 0 Å². The van der Waals surface area contributed by atoms with Gasteiger partial charge in [0.15, 0.2) is 0 Å². The van der Waals surface area contributed by atoms with Crippen LogP contribution in [0.3, 0.4) is 0 Å². The molecule has 0 bridgehead atoms. The van der Waals surface area contributed by atoms with E-state index in [9.17, 15) is 50.4 Å². The van der Waals surface area contributed by atoms with E-state index in [-0.39, 0.29) is 37.7 Å². The van der Waals surface area contributed by atoms with Crippen LogP contribution in [-0.2, 0) is 0 Å². The fraction of sp³-hybridized carbons (Fsp3) is 0. The molecule has 0 unspecified atom stereocenters. The van der Waals surface area contributed by atoms with Crippen LogP contribution in [0.4, 0.5) is 50.4 Å². The Hall–Kier alpha value is 1.21. The summed E-state index contributed by atoms with van der Waals surface area (Å²) < 4.78 is 118. The first kappa shape index (κ1) is 25.9. The molecule has 0 N–H and O–H groups in total. The van der Waals surface area contributed by atoms with Crippen LogP contribution in [0.25, 0.3) is 0 Å². The third kappa shape index (κ3) is 2080. The van der Waals surface area contributed by atoms with Gasteiger partial charge in [0.25, 0.3) is 0 Å². The molecule has 0 heterocycles. The van der Waals surface area contributed by atoms with Gasteiger partial charge in [-0.1, -0.05) is 0 Å². The smallest absolute Gasteiger partial charge is 1.00 e. The van der Waals surface area contributed by atoms with Gasteiger partial charge in [0.05, 0.1) is 0 Å². The Bertz CT molecular complexity index is 164. The summed E-state index contributed by atoms with van der Waals surface area (Å²) in [5.74, 6) is 0. The summed E-state index contributed by atoms with van der Waals surface area (Å²) in [4.78, 5) is 0. The van der Waals surface area contributed by atoms with Crippen LogP contribution in [0.5, 0.6) is 0 Å². The second-order valence-corrected chi connectivity index (χ2v) is 5.75. The number of hydrogen-bond donors (Lipinski definition) is 0. The van der Waals surface area contributed by atoms with Crippen molar-refractivity contribution in [1.29, 1.82) is 0 Å². The van der Waals surface area contributed by atoms with Gasteiger partial charge < -0.3 is 0 Å². The van der Waals surface area contributed by atoms with Crippen molar-refractivity contribution in [2.75, 3.05) is 0 Å². The fourth-order valence-electron chi connectivity index (χ4n) is 0.